The third-order valence-electron chi connectivity index (χ3n) is 2.33. The summed E-state index contributed by atoms with van der Waals surface area (Å²) in [5.41, 5.74) is -0.991. The van der Waals surface area contributed by atoms with Crippen LogP contribution in [0.5, 0.6) is 0 Å². The van der Waals surface area contributed by atoms with Gasteiger partial charge in [0.25, 0.3) is 0 Å². The van der Waals surface area contributed by atoms with Crippen LogP contribution in [0.25, 0.3) is 0 Å². The topological polar surface area (TPSA) is 62.7 Å². The lowest BCUT2D eigenvalue weighted by molar-refractivity contribution is -0.141. The molecule has 0 atom stereocenters. The average Bonchev–Trinajstić information content (AvgIpc) is 2.81. The second-order valence-electron chi connectivity index (χ2n) is 3.93. The van der Waals surface area contributed by atoms with Crippen LogP contribution in [0, 0.1) is 6.92 Å². The first kappa shape index (κ1) is 14.5. The molecule has 2 aromatic heterocycles. The summed E-state index contributed by atoms with van der Waals surface area (Å²) in [7, 11) is 1.46. The normalized spacial score (nSPS) is 11.4. The van der Waals surface area contributed by atoms with Gasteiger partial charge >= 0.3 is 6.18 Å². The van der Waals surface area contributed by atoms with E-state index in [1.54, 1.807) is 6.20 Å². The minimum absolute atomic E-state index is 0.0855. The van der Waals surface area contributed by atoms with Gasteiger partial charge in [0.05, 0.1) is 6.54 Å². The number of nitrogens with one attached hydrogen (secondary N) is 2. The van der Waals surface area contributed by atoms with Gasteiger partial charge in [0.1, 0.15) is 10.8 Å². The maximum atomic E-state index is 12.7. The highest BCUT2D eigenvalue weighted by atomic mass is 32.1. The largest absolute Gasteiger partial charge is 0.433 e. The van der Waals surface area contributed by atoms with Crippen molar-refractivity contribution in [3.8, 4) is 0 Å². The highest BCUT2D eigenvalue weighted by molar-refractivity contribution is 7.11. The SMILES string of the molecule is CNc1nc(NCc2ncc(C)s2)cc(C(F)(F)F)n1. The molecule has 20 heavy (non-hydrogen) atoms. The molecule has 5 nitrogen and oxygen atoms in total. The minimum atomic E-state index is -4.51. The molecule has 2 aromatic rings. The van der Waals surface area contributed by atoms with E-state index in [2.05, 4.69) is 25.6 Å². The Hall–Kier alpha value is -1.90. The molecule has 0 unspecified atom stereocenters. The maximum absolute atomic E-state index is 12.7. The molecule has 2 rings (SSSR count). The fourth-order valence-corrected chi connectivity index (χ4v) is 2.17. The number of rotatable bonds is 4. The number of halogens is 3. The van der Waals surface area contributed by atoms with Crippen LogP contribution < -0.4 is 10.6 Å². The van der Waals surface area contributed by atoms with Crippen LogP contribution in [-0.4, -0.2) is 22.0 Å². The summed E-state index contributed by atoms with van der Waals surface area (Å²) in [5, 5.41) is 6.10. The molecule has 0 aliphatic heterocycles. The summed E-state index contributed by atoms with van der Waals surface area (Å²) in [6.07, 6.45) is -2.80. The van der Waals surface area contributed by atoms with Gasteiger partial charge in [-0.1, -0.05) is 0 Å². The number of aromatic nitrogens is 3. The fourth-order valence-electron chi connectivity index (χ4n) is 1.44. The molecule has 9 heteroatoms. The van der Waals surface area contributed by atoms with Gasteiger partial charge < -0.3 is 10.6 Å². The number of thiazole rings is 1. The van der Waals surface area contributed by atoms with E-state index < -0.39 is 11.9 Å². The van der Waals surface area contributed by atoms with Crippen molar-refractivity contribution in [2.45, 2.75) is 19.6 Å². The molecule has 0 amide bonds. The summed E-state index contributed by atoms with van der Waals surface area (Å²) in [4.78, 5) is 12.5. The van der Waals surface area contributed by atoms with E-state index in [0.29, 0.717) is 6.54 Å². The van der Waals surface area contributed by atoms with Crippen LogP contribution in [0.4, 0.5) is 24.9 Å². The second kappa shape index (κ2) is 5.61. The Bertz CT molecular complexity index is 596. The zero-order valence-corrected chi connectivity index (χ0v) is 11.6. The molecule has 0 radical (unpaired) electrons. The molecule has 0 aliphatic carbocycles. The Morgan fingerprint density at radius 2 is 2.05 bits per heavy atom. The minimum Gasteiger partial charge on any atom is -0.363 e. The van der Waals surface area contributed by atoms with Gasteiger partial charge in [-0.15, -0.1) is 11.3 Å². The van der Waals surface area contributed by atoms with Gasteiger partial charge in [0.15, 0.2) is 5.69 Å². The van der Waals surface area contributed by atoms with Gasteiger partial charge in [-0.05, 0) is 6.92 Å². The van der Waals surface area contributed by atoms with Crippen molar-refractivity contribution in [1.82, 2.24) is 15.0 Å². The molecule has 0 bridgehead atoms. The summed E-state index contributed by atoms with van der Waals surface area (Å²) >= 11 is 1.47. The zero-order chi connectivity index (χ0) is 14.8. The number of alkyl halides is 3. The van der Waals surface area contributed by atoms with Crippen LogP contribution in [0.3, 0.4) is 0 Å². The van der Waals surface area contributed by atoms with Crippen LogP contribution in [0.2, 0.25) is 0 Å². The van der Waals surface area contributed by atoms with E-state index in [4.69, 9.17) is 0 Å². The molecule has 0 saturated heterocycles. The van der Waals surface area contributed by atoms with Crippen molar-refractivity contribution >= 4 is 23.1 Å². The van der Waals surface area contributed by atoms with Crippen LogP contribution in [0.15, 0.2) is 12.3 Å². The molecule has 0 fully saturated rings. The second-order valence-corrected chi connectivity index (χ2v) is 5.25. The third kappa shape index (κ3) is 3.56. The Morgan fingerprint density at radius 3 is 2.60 bits per heavy atom. The Kier molecular flexibility index (Phi) is 4.07. The van der Waals surface area contributed by atoms with Crippen LogP contribution >= 0.6 is 11.3 Å². The summed E-state index contributed by atoms with van der Waals surface area (Å²) in [6, 6.07) is 0.876. The maximum Gasteiger partial charge on any atom is 0.433 e. The van der Waals surface area contributed by atoms with E-state index in [9.17, 15) is 13.2 Å². The van der Waals surface area contributed by atoms with Gasteiger partial charge in [-0.2, -0.15) is 18.2 Å². The first-order valence-corrected chi connectivity index (χ1v) is 6.49. The number of hydrogen-bond acceptors (Lipinski definition) is 6. The van der Waals surface area contributed by atoms with Gasteiger partial charge in [-0.25, -0.2) is 9.97 Å². The van der Waals surface area contributed by atoms with Gasteiger partial charge in [-0.3, -0.25) is 0 Å². The molecular formula is C11H12F3N5S. The molecule has 108 valence electrons. The van der Waals surface area contributed by atoms with Crippen molar-refractivity contribution < 1.29 is 13.2 Å². The molecule has 2 N–H and O–H groups in total. The highest BCUT2D eigenvalue weighted by Gasteiger charge is 2.33. The Balaban J connectivity index is 2.18. The smallest absolute Gasteiger partial charge is 0.363 e. The van der Waals surface area contributed by atoms with Gasteiger partial charge in [0.2, 0.25) is 5.95 Å². The summed E-state index contributed by atoms with van der Waals surface area (Å²) in [6.45, 7) is 2.22. The standard InChI is InChI=1S/C11H12F3N5S/c1-6-4-17-9(20-6)5-16-8-3-7(11(12,13)14)18-10(15-2)19-8/h3-4H,5H2,1-2H3,(H2,15,16,18,19). The Morgan fingerprint density at radius 1 is 1.30 bits per heavy atom. The number of nitrogens with zero attached hydrogens (tertiary/aromatic N) is 3. The Labute approximate surface area is 117 Å². The predicted octanol–water partition coefficient (Wildman–Crippen LogP) is 2.91. The number of aryl methyl sites for hydroxylation is 1. The number of anilines is 2. The van der Waals surface area contributed by atoms with Crippen molar-refractivity contribution in [1.29, 1.82) is 0 Å². The summed E-state index contributed by atoms with van der Waals surface area (Å²) < 4.78 is 38.1. The van der Waals surface area contributed by atoms with E-state index in [1.807, 2.05) is 6.92 Å². The van der Waals surface area contributed by atoms with Crippen LogP contribution in [-0.2, 0) is 12.7 Å². The highest BCUT2D eigenvalue weighted by Crippen LogP contribution is 2.29. The van der Waals surface area contributed by atoms with Crippen molar-refractivity contribution in [3.63, 3.8) is 0 Å². The first-order chi connectivity index (χ1) is 9.38. The molecule has 0 aliphatic rings. The van der Waals surface area contributed by atoms with E-state index >= 15 is 0 Å². The van der Waals surface area contributed by atoms with Crippen molar-refractivity contribution in [2.75, 3.05) is 17.7 Å². The zero-order valence-electron chi connectivity index (χ0n) is 10.7. The van der Waals surface area contributed by atoms with Crippen molar-refractivity contribution in [3.05, 3.63) is 27.8 Å². The lowest BCUT2D eigenvalue weighted by Gasteiger charge is -2.10. The molecule has 0 saturated carbocycles. The first-order valence-electron chi connectivity index (χ1n) is 5.67. The van der Waals surface area contributed by atoms with Crippen LogP contribution in [0.1, 0.15) is 15.6 Å². The fraction of sp³-hybridized carbons (Fsp3) is 0.364. The van der Waals surface area contributed by atoms with E-state index in [0.717, 1.165) is 16.0 Å². The summed E-state index contributed by atoms with van der Waals surface area (Å²) in [5.74, 6) is 0.0159. The lowest BCUT2D eigenvalue weighted by atomic mass is 10.3. The predicted molar refractivity (Wildman–Crippen MR) is 70.8 cm³/mol. The third-order valence-corrected chi connectivity index (χ3v) is 3.24. The number of hydrogen-bond donors (Lipinski definition) is 2. The molecular weight excluding hydrogens is 291 g/mol. The monoisotopic (exact) mass is 303 g/mol. The van der Waals surface area contributed by atoms with E-state index in [-0.39, 0.29) is 11.8 Å². The molecule has 0 spiro atoms. The van der Waals surface area contributed by atoms with Gasteiger partial charge in [0, 0.05) is 24.2 Å². The quantitative estimate of drug-likeness (QED) is 0.909. The molecule has 0 aromatic carbocycles. The average molecular weight is 303 g/mol. The van der Waals surface area contributed by atoms with E-state index in [1.165, 1.54) is 18.4 Å². The van der Waals surface area contributed by atoms with Crippen molar-refractivity contribution in [2.24, 2.45) is 0 Å². The molecule has 2 heterocycles. The lowest BCUT2D eigenvalue weighted by Crippen LogP contribution is -2.13.